The largest absolute Gasteiger partial charge is 0.418 e. The molecule has 3 heterocycles. The number of H-pyrrole nitrogens is 1. The highest BCUT2D eigenvalue weighted by molar-refractivity contribution is 5.80. The molecular weight excluding hydrogens is 433 g/mol. The zero-order chi connectivity index (χ0) is 23.2. The zero-order valence-corrected chi connectivity index (χ0v) is 18.0. The van der Waals surface area contributed by atoms with Gasteiger partial charge in [0.15, 0.2) is 0 Å². The predicted octanol–water partition coefficient (Wildman–Crippen LogP) is 4.11. The lowest BCUT2D eigenvalue weighted by atomic mass is 9.98. The predicted molar refractivity (Wildman–Crippen MR) is 119 cm³/mol. The average molecular weight is 458 g/mol. The SMILES string of the molecule is O=C(Cc1ccc2c(c1)CCCN2)N1CCC(n2c(=O)[nH]c3cccc(C(F)(F)F)c32)CC1. The minimum atomic E-state index is -4.56. The van der Waals surface area contributed by atoms with E-state index in [9.17, 15) is 22.8 Å². The quantitative estimate of drug-likeness (QED) is 0.621. The van der Waals surface area contributed by atoms with Crippen LogP contribution in [0, 0.1) is 0 Å². The summed E-state index contributed by atoms with van der Waals surface area (Å²) in [4.78, 5) is 29.7. The molecule has 1 amide bonds. The van der Waals surface area contributed by atoms with Crippen molar-refractivity contribution in [1.82, 2.24) is 14.5 Å². The number of likely N-dealkylation sites (tertiary alicyclic amines) is 1. The minimum absolute atomic E-state index is 0.000534. The van der Waals surface area contributed by atoms with Crippen LogP contribution in [-0.2, 0) is 23.8 Å². The number of aromatic nitrogens is 2. The molecule has 0 spiro atoms. The summed E-state index contributed by atoms with van der Waals surface area (Å²) in [5.74, 6) is -0.000534. The number of carbonyl (C=O) groups is 1. The standard InChI is InChI=1S/C24H25F3N4O2/c25-24(26,27)18-4-1-5-20-22(18)31(23(33)29-20)17-8-11-30(12-9-17)21(32)14-15-6-7-19-16(13-15)3-2-10-28-19/h1,4-7,13,17,28H,2-3,8-12,14H2,(H,29,33). The molecule has 0 radical (unpaired) electrons. The number of aromatic amines is 1. The summed E-state index contributed by atoms with van der Waals surface area (Å²) in [7, 11) is 0. The van der Waals surface area contributed by atoms with Crippen molar-refractivity contribution in [2.45, 2.75) is 44.3 Å². The number of para-hydroxylation sites is 1. The Morgan fingerprint density at radius 3 is 2.67 bits per heavy atom. The molecule has 0 aliphatic carbocycles. The third-order valence-electron chi connectivity index (χ3n) is 6.69. The van der Waals surface area contributed by atoms with Gasteiger partial charge >= 0.3 is 11.9 Å². The summed E-state index contributed by atoms with van der Waals surface area (Å²) >= 11 is 0. The van der Waals surface area contributed by atoms with Gasteiger partial charge in [0.1, 0.15) is 0 Å². The molecule has 174 valence electrons. The maximum atomic E-state index is 13.6. The van der Waals surface area contributed by atoms with E-state index in [1.54, 1.807) is 4.90 Å². The number of anilines is 1. The summed E-state index contributed by atoms with van der Waals surface area (Å²) in [5.41, 5.74) is 2.02. The molecule has 0 saturated carbocycles. The fraction of sp³-hybridized carbons (Fsp3) is 0.417. The van der Waals surface area contributed by atoms with Gasteiger partial charge in [-0.2, -0.15) is 13.2 Å². The van der Waals surface area contributed by atoms with E-state index in [0.29, 0.717) is 32.4 Å². The number of carbonyl (C=O) groups excluding carboxylic acids is 1. The minimum Gasteiger partial charge on any atom is -0.385 e. The van der Waals surface area contributed by atoms with Crippen molar-refractivity contribution in [2.24, 2.45) is 0 Å². The van der Waals surface area contributed by atoms with Gasteiger partial charge in [-0.25, -0.2) is 4.79 Å². The number of nitrogens with zero attached hydrogens (tertiary/aromatic N) is 2. The lowest BCUT2D eigenvalue weighted by molar-refractivity contribution is -0.136. The van der Waals surface area contributed by atoms with Crippen LogP contribution >= 0.6 is 0 Å². The molecule has 1 saturated heterocycles. The molecule has 2 N–H and O–H groups in total. The van der Waals surface area contributed by atoms with E-state index in [2.05, 4.69) is 16.4 Å². The van der Waals surface area contributed by atoms with Gasteiger partial charge in [0.2, 0.25) is 5.91 Å². The second-order valence-corrected chi connectivity index (χ2v) is 8.81. The van der Waals surface area contributed by atoms with Crippen LogP contribution < -0.4 is 11.0 Å². The summed E-state index contributed by atoms with van der Waals surface area (Å²) < 4.78 is 41.9. The number of nitrogens with one attached hydrogen (secondary N) is 2. The second kappa shape index (κ2) is 8.28. The lowest BCUT2D eigenvalue weighted by Gasteiger charge is -2.33. The van der Waals surface area contributed by atoms with Crippen molar-refractivity contribution in [3.05, 3.63) is 63.6 Å². The number of imidazole rings is 1. The molecule has 6 nitrogen and oxygen atoms in total. The molecule has 2 aliphatic rings. The normalized spacial score (nSPS) is 17.1. The maximum Gasteiger partial charge on any atom is 0.418 e. The molecule has 3 aromatic rings. The molecule has 1 fully saturated rings. The van der Waals surface area contributed by atoms with Crippen molar-refractivity contribution in [1.29, 1.82) is 0 Å². The Morgan fingerprint density at radius 2 is 1.91 bits per heavy atom. The topological polar surface area (TPSA) is 70.1 Å². The monoisotopic (exact) mass is 458 g/mol. The second-order valence-electron chi connectivity index (χ2n) is 8.81. The van der Waals surface area contributed by atoms with E-state index >= 15 is 0 Å². The van der Waals surface area contributed by atoms with Gasteiger partial charge in [-0.3, -0.25) is 9.36 Å². The van der Waals surface area contributed by atoms with E-state index in [1.165, 1.54) is 22.3 Å². The van der Waals surface area contributed by atoms with Crippen LogP contribution in [0.15, 0.2) is 41.2 Å². The number of fused-ring (bicyclic) bond motifs is 2. The molecule has 1 aromatic heterocycles. The van der Waals surface area contributed by atoms with Gasteiger partial charge in [-0.1, -0.05) is 18.2 Å². The van der Waals surface area contributed by atoms with Crippen LogP contribution in [-0.4, -0.2) is 40.0 Å². The number of aryl methyl sites for hydroxylation is 1. The van der Waals surface area contributed by atoms with E-state index in [1.807, 2.05) is 12.1 Å². The number of piperidine rings is 1. The Balaban J connectivity index is 1.31. The Morgan fingerprint density at radius 1 is 1.12 bits per heavy atom. The molecular formula is C24H25F3N4O2. The van der Waals surface area contributed by atoms with Gasteiger partial charge in [0.25, 0.3) is 0 Å². The van der Waals surface area contributed by atoms with Crippen molar-refractivity contribution in [2.75, 3.05) is 25.0 Å². The molecule has 2 aliphatic heterocycles. The van der Waals surface area contributed by atoms with Gasteiger partial charge in [-0.05, 0) is 55.0 Å². The highest BCUT2D eigenvalue weighted by Crippen LogP contribution is 2.36. The van der Waals surface area contributed by atoms with Crippen LogP contribution in [0.1, 0.15) is 42.0 Å². The summed E-state index contributed by atoms with van der Waals surface area (Å²) in [6, 6.07) is 9.44. The Hall–Kier alpha value is -3.23. The zero-order valence-electron chi connectivity index (χ0n) is 18.0. The number of hydrogen-bond donors (Lipinski definition) is 2. The Bertz CT molecular complexity index is 1250. The first-order chi connectivity index (χ1) is 15.8. The van der Waals surface area contributed by atoms with Gasteiger partial charge in [0.05, 0.1) is 23.0 Å². The van der Waals surface area contributed by atoms with Crippen LogP contribution in [0.4, 0.5) is 18.9 Å². The van der Waals surface area contributed by atoms with E-state index in [4.69, 9.17) is 0 Å². The Labute approximate surface area is 188 Å². The van der Waals surface area contributed by atoms with Crippen LogP contribution in [0.25, 0.3) is 11.0 Å². The van der Waals surface area contributed by atoms with E-state index in [-0.39, 0.29) is 16.9 Å². The number of alkyl halides is 3. The summed E-state index contributed by atoms with van der Waals surface area (Å²) in [6.07, 6.45) is -1.34. The third-order valence-corrected chi connectivity index (χ3v) is 6.69. The van der Waals surface area contributed by atoms with Crippen molar-refractivity contribution < 1.29 is 18.0 Å². The van der Waals surface area contributed by atoms with E-state index < -0.39 is 23.5 Å². The summed E-state index contributed by atoms with van der Waals surface area (Å²) in [5, 5.41) is 3.36. The van der Waals surface area contributed by atoms with Crippen molar-refractivity contribution in [3.8, 4) is 0 Å². The number of rotatable bonds is 3. The van der Waals surface area contributed by atoms with Gasteiger partial charge in [0, 0.05) is 31.4 Å². The van der Waals surface area contributed by atoms with Gasteiger partial charge in [-0.15, -0.1) is 0 Å². The highest BCUT2D eigenvalue weighted by Gasteiger charge is 2.36. The Kier molecular flexibility index (Phi) is 5.42. The first-order valence-corrected chi connectivity index (χ1v) is 11.2. The molecule has 5 rings (SSSR count). The smallest absolute Gasteiger partial charge is 0.385 e. The molecule has 2 aromatic carbocycles. The number of hydrogen-bond acceptors (Lipinski definition) is 3. The molecule has 0 atom stereocenters. The fourth-order valence-electron chi connectivity index (χ4n) is 5.06. The molecule has 0 bridgehead atoms. The lowest BCUT2D eigenvalue weighted by Crippen LogP contribution is -2.41. The first kappa shape index (κ1) is 21.6. The average Bonchev–Trinajstić information content (AvgIpc) is 3.14. The first-order valence-electron chi connectivity index (χ1n) is 11.2. The fourth-order valence-corrected chi connectivity index (χ4v) is 5.06. The number of halogens is 3. The molecule has 9 heteroatoms. The van der Waals surface area contributed by atoms with Crippen molar-refractivity contribution in [3.63, 3.8) is 0 Å². The number of amides is 1. The van der Waals surface area contributed by atoms with Gasteiger partial charge < -0.3 is 15.2 Å². The van der Waals surface area contributed by atoms with Crippen LogP contribution in [0.3, 0.4) is 0 Å². The van der Waals surface area contributed by atoms with Crippen LogP contribution in [0.5, 0.6) is 0 Å². The third kappa shape index (κ3) is 4.12. The van der Waals surface area contributed by atoms with E-state index in [0.717, 1.165) is 36.7 Å². The molecule has 0 unspecified atom stereocenters. The van der Waals surface area contributed by atoms with Crippen molar-refractivity contribution >= 4 is 22.6 Å². The summed E-state index contributed by atoms with van der Waals surface area (Å²) in [6.45, 7) is 1.77. The highest BCUT2D eigenvalue weighted by atomic mass is 19.4. The number of benzene rings is 2. The molecule has 33 heavy (non-hydrogen) atoms. The van der Waals surface area contributed by atoms with Crippen LogP contribution in [0.2, 0.25) is 0 Å². The maximum absolute atomic E-state index is 13.6.